The van der Waals surface area contributed by atoms with Crippen LogP contribution in [0.15, 0.2) is 0 Å². The highest BCUT2D eigenvalue weighted by atomic mass is 16.5. The maximum absolute atomic E-state index is 8.76. The van der Waals surface area contributed by atoms with Gasteiger partial charge in [-0.25, -0.2) is 0 Å². The summed E-state index contributed by atoms with van der Waals surface area (Å²) in [7, 11) is 0. The van der Waals surface area contributed by atoms with Gasteiger partial charge in [0.15, 0.2) is 0 Å². The van der Waals surface area contributed by atoms with Gasteiger partial charge >= 0.3 is 0 Å². The van der Waals surface area contributed by atoms with E-state index >= 15 is 0 Å². The number of aliphatic hydroxyl groups excluding tert-OH is 2. The lowest BCUT2D eigenvalue weighted by Gasteiger charge is -2.26. The van der Waals surface area contributed by atoms with Crippen LogP contribution in [0, 0.1) is 5.92 Å². The van der Waals surface area contributed by atoms with Crippen molar-refractivity contribution in [1.29, 1.82) is 0 Å². The van der Waals surface area contributed by atoms with Crippen LogP contribution in [0.2, 0.25) is 0 Å². The van der Waals surface area contributed by atoms with Crippen molar-refractivity contribution >= 4 is 0 Å². The van der Waals surface area contributed by atoms with E-state index in [2.05, 4.69) is 13.8 Å². The second-order valence-corrected chi connectivity index (χ2v) is 3.89. The van der Waals surface area contributed by atoms with Gasteiger partial charge < -0.3 is 19.7 Å². The van der Waals surface area contributed by atoms with Crippen molar-refractivity contribution in [2.45, 2.75) is 39.2 Å². The maximum atomic E-state index is 8.76. The van der Waals surface area contributed by atoms with Crippen LogP contribution in [0.4, 0.5) is 0 Å². The molecule has 2 atom stereocenters. The van der Waals surface area contributed by atoms with E-state index in [1.807, 2.05) is 0 Å². The molecule has 0 saturated heterocycles. The van der Waals surface area contributed by atoms with Gasteiger partial charge in [-0.1, -0.05) is 20.3 Å². The van der Waals surface area contributed by atoms with Crippen LogP contribution in [-0.2, 0) is 9.47 Å². The number of ether oxygens (including phenoxy) is 2. The zero-order chi connectivity index (χ0) is 12.2. The molecular formula is C12H26O4. The molecule has 2 unspecified atom stereocenters. The molecular weight excluding hydrogens is 208 g/mol. The van der Waals surface area contributed by atoms with Gasteiger partial charge in [-0.15, -0.1) is 0 Å². The molecule has 0 aliphatic heterocycles. The predicted octanol–water partition coefficient (Wildman–Crippen LogP) is 1.20. The smallest absolute Gasteiger partial charge is 0.0701 e. The third-order valence-corrected chi connectivity index (χ3v) is 2.61. The lowest BCUT2D eigenvalue weighted by Crippen LogP contribution is -2.29. The highest BCUT2D eigenvalue weighted by molar-refractivity contribution is 4.69. The largest absolute Gasteiger partial charge is 0.394 e. The third-order valence-electron chi connectivity index (χ3n) is 2.61. The van der Waals surface area contributed by atoms with Crippen molar-refractivity contribution in [3.63, 3.8) is 0 Å². The number of aliphatic hydroxyl groups is 2. The van der Waals surface area contributed by atoms with Crippen LogP contribution in [0.3, 0.4) is 0 Å². The van der Waals surface area contributed by atoms with Crippen molar-refractivity contribution < 1.29 is 19.7 Å². The van der Waals surface area contributed by atoms with Crippen LogP contribution in [-0.4, -0.2) is 49.4 Å². The average Bonchev–Trinajstić information content (AvgIpc) is 2.31. The van der Waals surface area contributed by atoms with Gasteiger partial charge in [-0.2, -0.15) is 0 Å². The molecule has 0 aromatic carbocycles. The van der Waals surface area contributed by atoms with Crippen molar-refractivity contribution in [3.05, 3.63) is 0 Å². The van der Waals surface area contributed by atoms with E-state index in [1.54, 1.807) is 0 Å². The molecule has 0 bridgehead atoms. The Morgan fingerprint density at radius 1 is 1.06 bits per heavy atom. The van der Waals surface area contributed by atoms with E-state index in [0.29, 0.717) is 25.7 Å². The summed E-state index contributed by atoms with van der Waals surface area (Å²) in [6, 6.07) is 0. The molecule has 0 saturated carbocycles. The first-order valence-corrected chi connectivity index (χ1v) is 6.21. The first-order valence-electron chi connectivity index (χ1n) is 6.21. The van der Waals surface area contributed by atoms with Gasteiger partial charge in [0.05, 0.1) is 39.1 Å². The van der Waals surface area contributed by atoms with E-state index in [1.165, 1.54) is 0 Å². The summed E-state index contributed by atoms with van der Waals surface area (Å²) in [6.07, 6.45) is 3.19. The Bertz CT molecular complexity index is 141. The molecule has 0 aliphatic carbocycles. The molecule has 0 heterocycles. The van der Waals surface area contributed by atoms with Crippen LogP contribution in [0.25, 0.3) is 0 Å². The first kappa shape index (κ1) is 15.8. The normalized spacial score (nSPS) is 15.0. The Balaban J connectivity index is 3.99. The minimum Gasteiger partial charge on any atom is -0.394 e. The topological polar surface area (TPSA) is 58.9 Å². The first-order chi connectivity index (χ1) is 7.79. The Kier molecular flexibility index (Phi) is 11.2. The molecule has 0 amide bonds. The number of rotatable bonds is 11. The van der Waals surface area contributed by atoms with Crippen LogP contribution < -0.4 is 0 Å². The minimum atomic E-state index is 0.0619. The molecule has 4 heteroatoms. The lowest BCUT2D eigenvalue weighted by molar-refractivity contribution is -0.0421. The second kappa shape index (κ2) is 11.3. The van der Waals surface area contributed by atoms with Gasteiger partial charge in [0.25, 0.3) is 0 Å². The quantitative estimate of drug-likeness (QED) is 0.527. The zero-order valence-corrected chi connectivity index (χ0v) is 10.5. The Labute approximate surface area is 98.6 Å². The van der Waals surface area contributed by atoms with E-state index in [9.17, 15) is 0 Å². The summed E-state index contributed by atoms with van der Waals surface area (Å²) in [5, 5.41) is 17.4. The summed E-state index contributed by atoms with van der Waals surface area (Å²) < 4.78 is 11.0. The molecule has 16 heavy (non-hydrogen) atoms. The summed E-state index contributed by atoms with van der Waals surface area (Å²) >= 11 is 0. The molecule has 0 aromatic heterocycles. The maximum Gasteiger partial charge on any atom is 0.0701 e. The van der Waals surface area contributed by atoms with Gasteiger partial charge in [0.2, 0.25) is 0 Å². The van der Waals surface area contributed by atoms with Crippen LogP contribution in [0.5, 0.6) is 0 Å². The van der Waals surface area contributed by atoms with Crippen molar-refractivity contribution in [3.8, 4) is 0 Å². The average molecular weight is 234 g/mol. The van der Waals surface area contributed by atoms with E-state index in [4.69, 9.17) is 19.7 Å². The highest BCUT2D eigenvalue weighted by Gasteiger charge is 2.19. The molecule has 0 rings (SSSR count). The molecule has 0 spiro atoms. The van der Waals surface area contributed by atoms with Gasteiger partial charge in [0.1, 0.15) is 0 Å². The van der Waals surface area contributed by atoms with E-state index in [-0.39, 0.29) is 19.3 Å². The Hall–Kier alpha value is -0.160. The summed E-state index contributed by atoms with van der Waals surface area (Å²) in [5.74, 6) is 0.345. The SMILES string of the molecule is CCCC(OCCO)C(CC)COCCO. The van der Waals surface area contributed by atoms with Crippen molar-refractivity contribution in [1.82, 2.24) is 0 Å². The monoisotopic (exact) mass is 234 g/mol. The summed E-state index contributed by atoms with van der Waals surface area (Å²) in [5.41, 5.74) is 0. The van der Waals surface area contributed by atoms with Crippen molar-refractivity contribution in [2.24, 2.45) is 5.92 Å². The Morgan fingerprint density at radius 3 is 2.25 bits per heavy atom. The molecule has 98 valence electrons. The van der Waals surface area contributed by atoms with Crippen LogP contribution in [0.1, 0.15) is 33.1 Å². The fraction of sp³-hybridized carbons (Fsp3) is 1.00. The molecule has 0 fully saturated rings. The van der Waals surface area contributed by atoms with Gasteiger partial charge in [0, 0.05) is 5.92 Å². The Morgan fingerprint density at radius 2 is 1.75 bits per heavy atom. The standard InChI is InChI=1S/C12H26O4/c1-3-5-12(16-9-7-14)11(4-2)10-15-8-6-13/h11-14H,3-10H2,1-2H3. The lowest BCUT2D eigenvalue weighted by atomic mass is 9.96. The molecule has 4 nitrogen and oxygen atoms in total. The summed E-state index contributed by atoms with van der Waals surface area (Å²) in [4.78, 5) is 0. The highest BCUT2D eigenvalue weighted by Crippen LogP contribution is 2.17. The van der Waals surface area contributed by atoms with Crippen LogP contribution >= 0.6 is 0 Å². The predicted molar refractivity (Wildman–Crippen MR) is 63.4 cm³/mol. The van der Waals surface area contributed by atoms with E-state index < -0.39 is 0 Å². The number of hydrogen-bond donors (Lipinski definition) is 2. The fourth-order valence-electron chi connectivity index (χ4n) is 1.73. The molecule has 0 aromatic rings. The molecule has 2 N–H and O–H groups in total. The van der Waals surface area contributed by atoms with Gasteiger partial charge in [-0.05, 0) is 12.8 Å². The second-order valence-electron chi connectivity index (χ2n) is 3.89. The minimum absolute atomic E-state index is 0.0619. The number of hydrogen-bond acceptors (Lipinski definition) is 4. The molecule has 0 aliphatic rings. The van der Waals surface area contributed by atoms with Gasteiger partial charge in [-0.3, -0.25) is 0 Å². The summed E-state index contributed by atoms with van der Waals surface area (Å²) in [6.45, 7) is 5.75. The molecule has 0 radical (unpaired) electrons. The van der Waals surface area contributed by atoms with Crippen molar-refractivity contribution in [2.75, 3.05) is 33.0 Å². The third kappa shape index (κ3) is 7.17. The van der Waals surface area contributed by atoms with E-state index in [0.717, 1.165) is 19.3 Å². The zero-order valence-electron chi connectivity index (χ0n) is 10.5. The fourth-order valence-corrected chi connectivity index (χ4v) is 1.73.